The van der Waals surface area contributed by atoms with Gasteiger partial charge >= 0.3 is 0 Å². The molecule has 0 spiro atoms. The molecular weight excluding hydrogens is 498 g/mol. The zero-order valence-corrected chi connectivity index (χ0v) is 20.2. The van der Waals surface area contributed by atoms with Crippen LogP contribution in [0.25, 0.3) is 22.7 Å². The molecule has 170 valence electrons. The zero-order valence-electron chi connectivity index (χ0n) is 18.6. The summed E-state index contributed by atoms with van der Waals surface area (Å²) in [5, 5.41) is 12.1. The zero-order chi connectivity index (χ0) is 24.0. The summed E-state index contributed by atoms with van der Waals surface area (Å²) in [6.07, 6.45) is 1.50. The van der Waals surface area contributed by atoms with Crippen LogP contribution in [0, 0.1) is 20.8 Å². The second-order valence-electron chi connectivity index (χ2n) is 7.92. The molecule has 2 N–H and O–H groups in total. The van der Waals surface area contributed by atoms with Gasteiger partial charge in [0.2, 0.25) is 5.95 Å². The van der Waals surface area contributed by atoms with Crippen LogP contribution >= 0.6 is 15.9 Å². The first-order valence-corrected chi connectivity index (χ1v) is 11.3. The molecule has 9 nitrogen and oxygen atoms in total. The normalized spacial score (nSPS) is 11.2. The third kappa shape index (κ3) is 3.71. The fourth-order valence-corrected chi connectivity index (χ4v) is 4.19. The lowest BCUT2D eigenvalue weighted by atomic mass is 10.1. The number of aromatic nitrogens is 6. The fourth-order valence-electron chi connectivity index (χ4n) is 3.73. The van der Waals surface area contributed by atoms with Crippen molar-refractivity contribution in [3.8, 4) is 11.6 Å². The van der Waals surface area contributed by atoms with E-state index in [-0.39, 0.29) is 17.4 Å². The highest BCUT2D eigenvalue weighted by Crippen LogP contribution is 2.22. The van der Waals surface area contributed by atoms with Crippen LogP contribution in [0.1, 0.15) is 27.2 Å². The molecule has 10 heteroatoms. The van der Waals surface area contributed by atoms with E-state index in [1.54, 1.807) is 35.9 Å². The van der Waals surface area contributed by atoms with Crippen LogP contribution in [0.4, 0.5) is 5.82 Å². The van der Waals surface area contributed by atoms with Crippen molar-refractivity contribution in [2.75, 3.05) is 5.32 Å². The minimum absolute atomic E-state index is 0.167. The maximum absolute atomic E-state index is 12.9. The highest BCUT2D eigenvalue weighted by molar-refractivity contribution is 9.10. The van der Waals surface area contributed by atoms with Crippen molar-refractivity contribution in [3.05, 3.63) is 91.9 Å². The Balaban J connectivity index is 1.62. The van der Waals surface area contributed by atoms with Gasteiger partial charge in [0.1, 0.15) is 11.2 Å². The molecule has 0 fully saturated rings. The summed E-state index contributed by atoms with van der Waals surface area (Å²) in [5.74, 6) is 0.219. The number of aryl methyl sites for hydroxylation is 2. The number of carbonyl (C=O) groups is 1. The van der Waals surface area contributed by atoms with Gasteiger partial charge in [0.05, 0.1) is 23.1 Å². The predicted molar refractivity (Wildman–Crippen MR) is 133 cm³/mol. The molecule has 0 atom stereocenters. The fraction of sp³-hybridized carbons (Fsp3) is 0.125. The number of amides is 1. The van der Waals surface area contributed by atoms with Crippen LogP contribution in [-0.4, -0.2) is 35.4 Å². The number of hydrogen-bond acceptors (Lipinski definition) is 5. The number of nitrogens with zero attached hydrogens (tertiary/aromatic N) is 5. The van der Waals surface area contributed by atoms with Crippen molar-refractivity contribution in [1.29, 1.82) is 0 Å². The highest BCUT2D eigenvalue weighted by atomic mass is 79.9. The number of carbonyl (C=O) groups excluding carboxylic acids is 1. The standard InChI is InChI=1S/C24H20BrN7O2/c1-13-7-6-10-19(15(13)3)31-21-17(12-26-31)23(34)29-24(28-21)32-20(11-14(2)30-32)27-22(33)16-8-4-5-9-18(16)25/h4-12H,1-3H3,(H,27,33)(H,28,29,34). The Morgan fingerprint density at radius 3 is 2.65 bits per heavy atom. The first-order valence-electron chi connectivity index (χ1n) is 10.5. The van der Waals surface area contributed by atoms with Crippen molar-refractivity contribution in [2.45, 2.75) is 20.8 Å². The van der Waals surface area contributed by atoms with Gasteiger partial charge in [-0.2, -0.15) is 19.9 Å². The van der Waals surface area contributed by atoms with Crippen molar-refractivity contribution in [3.63, 3.8) is 0 Å². The van der Waals surface area contributed by atoms with Gasteiger partial charge in [0.25, 0.3) is 11.5 Å². The largest absolute Gasteiger partial charge is 0.306 e. The smallest absolute Gasteiger partial charge is 0.263 e. The van der Waals surface area contributed by atoms with Crippen LogP contribution < -0.4 is 10.9 Å². The van der Waals surface area contributed by atoms with E-state index >= 15 is 0 Å². The van der Waals surface area contributed by atoms with E-state index in [0.29, 0.717) is 32.6 Å². The minimum Gasteiger partial charge on any atom is -0.306 e. The molecule has 3 aromatic heterocycles. The Labute approximate surface area is 202 Å². The Morgan fingerprint density at radius 1 is 1.06 bits per heavy atom. The van der Waals surface area contributed by atoms with Gasteiger partial charge in [-0.1, -0.05) is 24.3 Å². The van der Waals surface area contributed by atoms with Gasteiger partial charge in [0, 0.05) is 10.5 Å². The molecule has 0 bridgehead atoms. The summed E-state index contributed by atoms with van der Waals surface area (Å²) in [7, 11) is 0. The molecular formula is C24H20BrN7O2. The van der Waals surface area contributed by atoms with E-state index in [1.807, 2.05) is 38.1 Å². The third-order valence-corrected chi connectivity index (χ3v) is 6.31. The molecule has 2 aromatic carbocycles. The molecule has 0 radical (unpaired) electrons. The first-order chi connectivity index (χ1) is 16.3. The molecule has 0 unspecified atom stereocenters. The van der Waals surface area contributed by atoms with Crippen LogP contribution in [0.2, 0.25) is 0 Å². The van der Waals surface area contributed by atoms with Crippen molar-refractivity contribution >= 4 is 38.7 Å². The van der Waals surface area contributed by atoms with Gasteiger partial charge in [-0.05, 0) is 66.0 Å². The summed E-state index contributed by atoms with van der Waals surface area (Å²) in [6.45, 7) is 5.81. The van der Waals surface area contributed by atoms with Crippen molar-refractivity contribution in [2.24, 2.45) is 0 Å². The quantitative estimate of drug-likeness (QED) is 0.370. The topological polar surface area (TPSA) is 110 Å². The second-order valence-corrected chi connectivity index (χ2v) is 8.77. The lowest BCUT2D eigenvalue weighted by molar-refractivity contribution is 0.102. The van der Waals surface area contributed by atoms with Crippen LogP contribution in [-0.2, 0) is 0 Å². The molecule has 5 rings (SSSR count). The summed E-state index contributed by atoms with van der Waals surface area (Å²) in [4.78, 5) is 33.2. The van der Waals surface area contributed by atoms with Gasteiger partial charge in [-0.3, -0.25) is 14.6 Å². The highest BCUT2D eigenvalue weighted by Gasteiger charge is 2.19. The van der Waals surface area contributed by atoms with Gasteiger partial charge in [-0.15, -0.1) is 0 Å². The molecule has 0 saturated heterocycles. The summed E-state index contributed by atoms with van der Waals surface area (Å²) >= 11 is 3.40. The third-order valence-electron chi connectivity index (χ3n) is 5.62. The van der Waals surface area contributed by atoms with Crippen LogP contribution in [0.3, 0.4) is 0 Å². The second kappa shape index (κ2) is 8.38. The minimum atomic E-state index is -0.354. The number of H-pyrrole nitrogens is 1. The molecule has 5 aromatic rings. The van der Waals surface area contributed by atoms with E-state index in [2.05, 4.69) is 41.4 Å². The summed E-state index contributed by atoms with van der Waals surface area (Å²) in [5.41, 5.74) is 4.12. The van der Waals surface area contributed by atoms with Gasteiger partial charge < -0.3 is 5.32 Å². The summed E-state index contributed by atoms with van der Waals surface area (Å²) in [6, 6.07) is 14.7. The van der Waals surface area contributed by atoms with Crippen LogP contribution in [0.5, 0.6) is 0 Å². The number of benzene rings is 2. The van der Waals surface area contributed by atoms with E-state index in [1.165, 1.54) is 10.9 Å². The SMILES string of the molecule is Cc1cc(NC(=O)c2ccccc2Br)n(-c2nc3c(cnn3-c3cccc(C)c3C)c(=O)[nH]2)n1. The van der Waals surface area contributed by atoms with Crippen molar-refractivity contribution < 1.29 is 4.79 Å². The molecule has 0 aliphatic rings. The maximum Gasteiger partial charge on any atom is 0.263 e. The number of rotatable bonds is 4. The average Bonchev–Trinajstić information content (AvgIpc) is 3.39. The predicted octanol–water partition coefficient (Wildman–Crippen LogP) is 4.23. The Kier molecular flexibility index (Phi) is 5.37. The van der Waals surface area contributed by atoms with Crippen LogP contribution in [0.15, 0.2) is 64.0 Å². The number of nitrogens with one attached hydrogen (secondary N) is 2. The van der Waals surface area contributed by atoms with E-state index in [0.717, 1.165) is 16.8 Å². The lowest BCUT2D eigenvalue weighted by Gasteiger charge is -2.11. The molecule has 1 amide bonds. The molecule has 0 saturated carbocycles. The average molecular weight is 518 g/mol. The number of fused-ring (bicyclic) bond motifs is 1. The Hall–Kier alpha value is -4.05. The number of hydrogen-bond donors (Lipinski definition) is 2. The first kappa shape index (κ1) is 21.8. The Bertz CT molecular complexity index is 1630. The summed E-state index contributed by atoms with van der Waals surface area (Å²) < 4.78 is 3.72. The van der Waals surface area contributed by atoms with E-state index < -0.39 is 0 Å². The molecule has 0 aliphatic heterocycles. The number of aromatic amines is 1. The van der Waals surface area contributed by atoms with E-state index in [9.17, 15) is 9.59 Å². The molecule has 3 heterocycles. The number of halogens is 1. The maximum atomic E-state index is 12.9. The Morgan fingerprint density at radius 2 is 1.85 bits per heavy atom. The van der Waals surface area contributed by atoms with Crippen molar-refractivity contribution in [1.82, 2.24) is 29.5 Å². The molecule has 0 aliphatic carbocycles. The van der Waals surface area contributed by atoms with Gasteiger partial charge in [-0.25, -0.2) is 4.68 Å². The number of anilines is 1. The van der Waals surface area contributed by atoms with E-state index in [4.69, 9.17) is 0 Å². The lowest BCUT2D eigenvalue weighted by Crippen LogP contribution is -2.19. The molecule has 34 heavy (non-hydrogen) atoms. The monoisotopic (exact) mass is 517 g/mol. The van der Waals surface area contributed by atoms with Gasteiger partial charge in [0.15, 0.2) is 5.65 Å².